The summed E-state index contributed by atoms with van der Waals surface area (Å²) in [5.74, 6) is 0.524. The summed E-state index contributed by atoms with van der Waals surface area (Å²) in [5, 5.41) is 3.37. The van der Waals surface area contributed by atoms with Gasteiger partial charge in [0.05, 0.1) is 23.3 Å². The van der Waals surface area contributed by atoms with E-state index in [9.17, 15) is 9.59 Å². The summed E-state index contributed by atoms with van der Waals surface area (Å²) < 4.78 is 10.3. The number of hydrogen-bond donors (Lipinski definition) is 1. The third kappa shape index (κ3) is 4.94. The highest BCUT2D eigenvalue weighted by Gasteiger charge is 2.21. The van der Waals surface area contributed by atoms with Crippen LogP contribution < -0.4 is 10.1 Å². The van der Waals surface area contributed by atoms with Crippen LogP contribution in [0.1, 0.15) is 31.4 Å². The molecule has 1 N–H and O–H groups in total. The Hall–Kier alpha value is -3.32. The number of rotatable bonds is 8. The summed E-state index contributed by atoms with van der Waals surface area (Å²) in [6.07, 6.45) is 3.14. The van der Waals surface area contributed by atoms with E-state index in [0.29, 0.717) is 23.0 Å². The number of methoxy groups -OCH3 is 1. The highest BCUT2D eigenvalue weighted by atomic mass is 32.1. The van der Waals surface area contributed by atoms with E-state index >= 15 is 0 Å². The number of nitrogens with zero attached hydrogens (tertiary/aromatic N) is 1. The zero-order valence-corrected chi connectivity index (χ0v) is 17.1. The number of anilines is 1. The van der Waals surface area contributed by atoms with E-state index in [1.807, 2.05) is 31.2 Å². The summed E-state index contributed by atoms with van der Waals surface area (Å²) in [5.41, 5.74) is 1.79. The van der Waals surface area contributed by atoms with Crippen molar-refractivity contribution in [2.45, 2.75) is 13.5 Å². The first-order valence-corrected chi connectivity index (χ1v) is 9.82. The topological polar surface area (TPSA) is 71.8 Å². The van der Waals surface area contributed by atoms with Gasteiger partial charge in [-0.3, -0.25) is 9.59 Å². The maximum absolute atomic E-state index is 13.1. The van der Waals surface area contributed by atoms with Crippen molar-refractivity contribution in [2.24, 2.45) is 0 Å². The normalized spacial score (nSPS) is 10.4. The summed E-state index contributed by atoms with van der Waals surface area (Å²) >= 11 is 1.24. The van der Waals surface area contributed by atoms with Crippen LogP contribution in [0, 0.1) is 6.92 Å². The molecule has 0 aliphatic rings. The fourth-order valence-electron chi connectivity index (χ4n) is 2.81. The second kappa shape index (κ2) is 9.25. The van der Waals surface area contributed by atoms with Gasteiger partial charge in [-0.1, -0.05) is 18.2 Å². The molecule has 3 aromatic rings. The number of nitrogens with one attached hydrogen (secondary N) is 1. The summed E-state index contributed by atoms with van der Waals surface area (Å²) in [6.45, 7) is 6.47. The minimum atomic E-state index is -0.351. The molecule has 7 heteroatoms. The molecule has 0 aliphatic carbocycles. The number of benzene rings is 1. The quantitative estimate of drug-likeness (QED) is 0.545. The highest BCUT2D eigenvalue weighted by Crippen LogP contribution is 2.29. The summed E-state index contributed by atoms with van der Waals surface area (Å²) in [6, 6.07) is 12.6. The molecule has 2 heterocycles. The van der Waals surface area contributed by atoms with Gasteiger partial charge < -0.3 is 19.4 Å². The van der Waals surface area contributed by atoms with Crippen molar-refractivity contribution in [1.29, 1.82) is 0 Å². The van der Waals surface area contributed by atoms with Crippen LogP contribution in [0.3, 0.4) is 0 Å². The van der Waals surface area contributed by atoms with Gasteiger partial charge in [0.15, 0.2) is 5.76 Å². The summed E-state index contributed by atoms with van der Waals surface area (Å²) in [4.78, 5) is 27.6. The van der Waals surface area contributed by atoms with Crippen molar-refractivity contribution in [3.8, 4) is 5.75 Å². The van der Waals surface area contributed by atoms with Gasteiger partial charge >= 0.3 is 0 Å². The van der Waals surface area contributed by atoms with Gasteiger partial charge in [-0.2, -0.15) is 0 Å². The second-order valence-electron chi connectivity index (χ2n) is 6.38. The van der Waals surface area contributed by atoms with Crippen molar-refractivity contribution < 1.29 is 18.7 Å². The smallest absolute Gasteiger partial charge is 0.291 e. The number of thiophene rings is 1. The Bertz CT molecular complexity index is 991. The minimum absolute atomic E-state index is 0.110. The monoisotopic (exact) mass is 410 g/mol. The van der Waals surface area contributed by atoms with E-state index in [-0.39, 0.29) is 17.6 Å². The number of carbonyl (C=O) groups excluding carboxylic acids is 2. The van der Waals surface area contributed by atoms with Crippen molar-refractivity contribution >= 4 is 28.2 Å². The largest absolute Gasteiger partial charge is 0.497 e. The zero-order chi connectivity index (χ0) is 20.8. The van der Waals surface area contributed by atoms with Gasteiger partial charge in [0.2, 0.25) is 0 Å². The number of aryl methyl sites for hydroxylation is 1. The van der Waals surface area contributed by atoms with Crippen molar-refractivity contribution in [3.05, 3.63) is 83.1 Å². The van der Waals surface area contributed by atoms with Crippen LogP contribution in [0.5, 0.6) is 5.75 Å². The van der Waals surface area contributed by atoms with Crippen molar-refractivity contribution in [2.75, 3.05) is 19.0 Å². The Labute approximate surface area is 173 Å². The van der Waals surface area contributed by atoms with E-state index in [0.717, 1.165) is 16.9 Å². The average Bonchev–Trinajstić information content (AvgIpc) is 3.38. The molecule has 0 bridgehead atoms. The van der Waals surface area contributed by atoms with Crippen LogP contribution in [-0.4, -0.2) is 30.4 Å². The summed E-state index contributed by atoms with van der Waals surface area (Å²) in [7, 11) is 1.62. The first-order valence-electron chi connectivity index (χ1n) is 9.00. The number of hydrogen-bond acceptors (Lipinski definition) is 5. The number of carbonyl (C=O) groups is 2. The van der Waals surface area contributed by atoms with Crippen LogP contribution in [0.15, 0.2) is 65.8 Å². The maximum atomic E-state index is 13.1. The lowest BCUT2D eigenvalue weighted by atomic mass is 10.2. The molecule has 0 unspecified atom stereocenters. The predicted molar refractivity (Wildman–Crippen MR) is 114 cm³/mol. The fourth-order valence-corrected chi connectivity index (χ4v) is 3.84. The molecule has 2 aromatic heterocycles. The molecule has 0 atom stereocenters. The highest BCUT2D eigenvalue weighted by molar-refractivity contribution is 7.18. The molecule has 2 amide bonds. The lowest BCUT2D eigenvalue weighted by Gasteiger charge is -2.21. The van der Waals surface area contributed by atoms with Gasteiger partial charge in [0.25, 0.3) is 11.8 Å². The first kappa shape index (κ1) is 20.4. The van der Waals surface area contributed by atoms with Gasteiger partial charge in [0.1, 0.15) is 5.75 Å². The van der Waals surface area contributed by atoms with Crippen LogP contribution in [0.2, 0.25) is 0 Å². The molecule has 150 valence electrons. The van der Waals surface area contributed by atoms with E-state index in [1.165, 1.54) is 17.6 Å². The van der Waals surface area contributed by atoms with Crippen LogP contribution in [-0.2, 0) is 6.54 Å². The standard InChI is InChI=1S/C22H22N2O4S/c1-4-11-24(14-16-7-9-17(27-3)10-8-16)22(26)20-15(2)13-19(29-20)23-21(25)18-6-5-12-28-18/h4-10,12-13H,1,11,14H2,2-3H3,(H,23,25). The lowest BCUT2D eigenvalue weighted by Crippen LogP contribution is -2.30. The first-order chi connectivity index (χ1) is 14.0. The lowest BCUT2D eigenvalue weighted by molar-refractivity contribution is 0.0766. The molecule has 0 spiro atoms. The van der Waals surface area contributed by atoms with Crippen LogP contribution >= 0.6 is 11.3 Å². The Morgan fingerprint density at radius 2 is 2.03 bits per heavy atom. The Morgan fingerprint density at radius 1 is 1.28 bits per heavy atom. The fraction of sp³-hybridized carbons (Fsp3) is 0.182. The zero-order valence-electron chi connectivity index (χ0n) is 16.3. The molecule has 3 rings (SSSR count). The van der Waals surface area contributed by atoms with Gasteiger partial charge in [-0.05, 0) is 48.4 Å². The molecule has 0 aliphatic heterocycles. The average molecular weight is 410 g/mol. The number of ether oxygens (including phenoxy) is 1. The van der Waals surface area contributed by atoms with Crippen LogP contribution in [0.25, 0.3) is 0 Å². The molecule has 0 saturated heterocycles. The van der Waals surface area contributed by atoms with E-state index in [2.05, 4.69) is 11.9 Å². The van der Waals surface area contributed by atoms with Gasteiger partial charge in [0, 0.05) is 13.1 Å². The minimum Gasteiger partial charge on any atom is -0.497 e. The van der Waals surface area contributed by atoms with E-state index in [4.69, 9.17) is 9.15 Å². The molecule has 0 saturated carbocycles. The van der Waals surface area contributed by atoms with E-state index in [1.54, 1.807) is 36.3 Å². The third-order valence-electron chi connectivity index (χ3n) is 4.26. The molecule has 1 aromatic carbocycles. The Kier molecular flexibility index (Phi) is 6.51. The molecule has 0 fully saturated rings. The van der Waals surface area contributed by atoms with Crippen molar-refractivity contribution in [3.63, 3.8) is 0 Å². The van der Waals surface area contributed by atoms with Crippen molar-refractivity contribution in [1.82, 2.24) is 4.90 Å². The molecule has 6 nitrogen and oxygen atoms in total. The number of amides is 2. The number of furan rings is 1. The van der Waals surface area contributed by atoms with Crippen LogP contribution in [0.4, 0.5) is 5.00 Å². The third-order valence-corrected chi connectivity index (χ3v) is 5.40. The maximum Gasteiger partial charge on any atom is 0.291 e. The molecular formula is C22H22N2O4S. The van der Waals surface area contributed by atoms with E-state index < -0.39 is 0 Å². The predicted octanol–water partition coefficient (Wildman–Crippen LogP) is 4.74. The Balaban J connectivity index is 1.75. The second-order valence-corrected chi connectivity index (χ2v) is 7.43. The van der Waals surface area contributed by atoms with Gasteiger partial charge in [-0.25, -0.2) is 0 Å². The molecule has 29 heavy (non-hydrogen) atoms. The SMILES string of the molecule is C=CCN(Cc1ccc(OC)cc1)C(=O)c1sc(NC(=O)c2ccco2)cc1C. The molecule has 0 radical (unpaired) electrons. The molecular weight excluding hydrogens is 388 g/mol. The Morgan fingerprint density at radius 3 is 2.66 bits per heavy atom. The van der Waals surface area contributed by atoms with Gasteiger partial charge in [-0.15, -0.1) is 17.9 Å².